The van der Waals surface area contributed by atoms with Crippen molar-refractivity contribution in [3.63, 3.8) is 0 Å². The molecule has 3 saturated carbocycles. The van der Waals surface area contributed by atoms with Crippen LogP contribution in [0.15, 0.2) is 24.8 Å². The van der Waals surface area contributed by atoms with Crippen molar-refractivity contribution in [1.82, 2.24) is 0 Å². The molecule has 0 aromatic carbocycles. The Kier molecular flexibility index (Phi) is 3.05. The van der Waals surface area contributed by atoms with Crippen LogP contribution in [0.3, 0.4) is 0 Å². The molecule has 0 aromatic rings. The van der Waals surface area contributed by atoms with Gasteiger partial charge in [0.15, 0.2) is 0 Å². The molecule has 0 aliphatic heterocycles. The van der Waals surface area contributed by atoms with Gasteiger partial charge in [-0.3, -0.25) is 0 Å². The number of hydrogen-bond acceptors (Lipinski definition) is 3. The monoisotopic (exact) mass is 262 g/mol. The van der Waals surface area contributed by atoms with E-state index in [2.05, 4.69) is 32.6 Å². The van der Waals surface area contributed by atoms with Gasteiger partial charge in [-0.15, -0.1) is 0 Å². The Morgan fingerprint density at radius 1 is 1.42 bits per heavy atom. The van der Waals surface area contributed by atoms with Crippen LogP contribution >= 0.6 is 0 Å². The van der Waals surface area contributed by atoms with Gasteiger partial charge < -0.3 is 9.47 Å². The van der Waals surface area contributed by atoms with E-state index < -0.39 is 0 Å². The summed E-state index contributed by atoms with van der Waals surface area (Å²) in [6.07, 6.45) is 7.47. The van der Waals surface area contributed by atoms with Gasteiger partial charge in [0.25, 0.3) is 0 Å². The molecule has 3 fully saturated rings. The Morgan fingerprint density at radius 3 is 2.89 bits per heavy atom. The molecule has 0 radical (unpaired) electrons. The molecule has 3 nitrogen and oxygen atoms in total. The number of ether oxygens (including phenoxy) is 2. The first kappa shape index (κ1) is 12.9. The topological polar surface area (TPSA) is 35.5 Å². The minimum Gasteiger partial charge on any atom is -0.460 e. The van der Waals surface area contributed by atoms with E-state index in [1.165, 1.54) is 12.5 Å². The van der Waals surface area contributed by atoms with Gasteiger partial charge >= 0.3 is 5.97 Å². The van der Waals surface area contributed by atoms with Crippen LogP contribution < -0.4 is 0 Å². The largest absolute Gasteiger partial charge is 0.460 e. The van der Waals surface area contributed by atoms with Gasteiger partial charge in [0.1, 0.15) is 6.61 Å². The lowest BCUT2D eigenvalue weighted by Crippen LogP contribution is -2.54. The van der Waals surface area contributed by atoms with E-state index in [4.69, 9.17) is 9.47 Å². The van der Waals surface area contributed by atoms with Crippen molar-refractivity contribution in [2.24, 2.45) is 29.1 Å². The summed E-state index contributed by atoms with van der Waals surface area (Å²) in [5.74, 6) is 2.41. The van der Waals surface area contributed by atoms with E-state index in [1.54, 1.807) is 0 Å². The minimum absolute atomic E-state index is 0.326. The van der Waals surface area contributed by atoms with Crippen LogP contribution in [0.4, 0.5) is 0 Å². The van der Waals surface area contributed by atoms with Crippen LogP contribution in [-0.2, 0) is 14.3 Å². The molecule has 5 atom stereocenters. The average Bonchev–Trinajstić information content (AvgIpc) is 2.97. The average molecular weight is 262 g/mol. The van der Waals surface area contributed by atoms with Gasteiger partial charge in [-0.1, -0.05) is 32.6 Å². The molecule has 3 heteroatoms. The Bertz CT molecular complexity index is 424. The fourth-order valence-corrected chi connectivity index (χ4v) is 4.74. The van der Waals surface area contributed by atoms with Gasteiger partial charge in [-0.2, -0.15) is 0 Å². The highest BCUT2D eigenvalue weighted by Crippen LogP contribution is 2.70. The Morgan fingerprint density at radius 2 is 2.21 bits per heavy atom. The van der Waals surface area contributed by atoms with E-state index in [1.807, 2.05) is 0 Å². The number of hydrogen-bond donors (Lipinski definition) is 0. The predicted octanol–water partition coefficient (Wildman–Crippen LogP) is 2.58. The fourth-order valence-electron chi connectivity index (χ4n) is 4.74. The van der Waals surface area contributed by atoms with E-state index in [0.717, 1.165) is 5.92 Å². The van der Waals surface area contributed by atoms with Gasteiger partial charge in [0, 0.05) is 6.08 Å². The van der Waals surface area contributed by atoms with Crippen molar-refractivity contribution in [2.45, 2.75) is 26.4 Å². The van der Waals surface area contributed by atoms with E-state index in [0.29, 0.717) is 42.5 Å². The third-order valence-corrected chi connectivity index (χ3v) is 5.37. The molecule has 0 aromatic heterocycles. The van der Waals surface area contributed by atoms with Crippen LogP contribution in [0.5, 0.6) is 0 Å². The third-order valence-electron chi connectivity index (χ3n) is 5.37. The maximum absolute atomic E-state index is 10.9. The third kappa shape index (κ3) is 1.78. The van der Waals surface area contributed by atoms with Crippen molar-refractivity contribution in [2.75, 3.05) is 13.2 Å². The van der Waals surface area contributed by atoms with Gasteiger partial charge in [0.05, 0.1) is 12.7 Å². The summed E-state index contributed by atoms with van der Waals surface area (Å²) in [7, 11) is 0. The zero-order valence-electron chi connectivity index (χ0n) is 11.7. The first-order chi connectivity index (χ1) is 9.07. The van der Waals surface area contributed by atoms with Gasteiger partial charge in [-0.25, -0.2) is 4.79 Å². The summed E-state index contributed by atoms with van der Waals surface area (Å²) in [4.78, 5) is 10.9. The van der Waals surface area contributed by atoms with E-state index in [9.17, 15) is 4.79 Å². The summed E-state index contributed by atoms with van der Waals surface area (Å²) in [6.45, 7) is 8.93. The molecule has 0 heterocycles. The zero-order valence-corrected chi connectivity index (χ0v) is 11.7. The second kappa shape index (κ2) is 4.48. The molecule has 0 amide bonds. The number of rotatable bonds is 5. The Labute approximate surface area is 114 Å². The van der Waals surface area contributed by atoms with Crippen LogP contribution in [0.1, 0.15) is 20.3 Å². The maximum atomic E-state index is 10.9. The first-order valence-corrected chi connectivity index (χ1v) is 7.15. The molecule has 104 valence electrons. The summed E-state index contributed by atoms with van der Waals surface area (Å²) >= 11 is 0. The molecule has 0 N–H and O–H groups in total. The summed E-state index contributed by atoms with van der Waals surface area (Å²) in [5.41, 5.74) is 0.405. The quantitative estimate of drug-likeness (QED) is 0.331. The number of esters is 1. The van der Waals surface area contributed by atoms with E-state index >= 15 is 0 Å². The van der Waals surface area contributed by atoms with Gasteiger partial charge in [0.2, 0.25) is 0 Å². The van der Waals surface area contributed by atoms with Crippen molar-refractivity contribution >= 4 is 5.97 Å². The summed E-state index contributed by atoms with van der Waals surface area (Å²) in [5, 5.41) is 0. The molecule has 0 saturated heterocycles. The van der Waals surface area contributed by atoms with Crippen LogP contribution in [0.2, 0.25) is 0 Å². The molecular formula is C16H22O3. The number of carbonyl (C=O) groups excluding carboxylic acids is 1. The zero-order chi connectivity index (χ0) is 13.6. The lowest BCUT2D eigenvalue weighted by atomic mass is 9.56. The lowest BCUT2D eigenvalue weighted by molar-refractivity contribution is -0.164. The molecule has 19 heavy (non-hydrogen) atoms. The number of carbonyl (C=O) groups is 1. The highest BCUT2D eigenvalue weighted by atomic mass is 16.6. The second-order valence-electron chi connectivity index (χ2n) is 6.49. The van der Waals surface area contributed by atoms with E-state index in [-0.39, 0.29) is 5.97 Å². The molecule has 4 aliphatic rings. The highest BCUT2D eigenvalue weighted by molar-refractivity contribution is 5.81. The highest BCUT2D eigenvalue weighted by Gasteiger charge is 2.70. The first-order valence-electron chi connectivity index (χ1n) is 7.15. The Balaban J connectivity index is 1.53. The van der Waals surface area contributed by atoms with Crippen molar-refractivity contribution in [3.05, 3.63) is 24.8 Å². The lowest BCUT2D eigenvalue weighted by Gasteiger charge is -2.52. The van der Waals surface area contributed by atoms with Gasteiger partial charge in [-0.05, 0) is 35.5 Å². The molecule has 0 spiro atoms. The van der Waals surface area contributed by atoms with Crippen molar-refractivity contribution in [3.8, 4) is 0 Å². The predicted molar refractivity (Wildman–Crippen MR) is 72.4 cm³/mol. The molecule has 4 aliphatic carbocycles. The summed E-state index contributed by atoms with van der Waals surface area (Å²) in [6, 6.07) is 0. The smallest absolute Gasteiger partial charge is 0.330 e. The fraction of sp³-hybridized carbons (Fsp3) is 0.688. The van der Waals surface area contributed by atoms with Crippen molar-refractivity contribution in [1.29, 1.82) is 0 Å². The SMILES string of the molecule is C=CC(=O)OCCOC1C2C3C=CCC3C1C2(C)C. The summed E-state index contributed by atoms with van der Waals surface area (Å²) < 4.78 is 10.9. The van der Waals surface area contributed by atoms with Crippen LogP contribution in [0.25, 0.3) is 0 Å². The minimum atomic E-state index is -0.375. The second-order valence-corrected chi connectivity index (χ2v) is 6.49. The molecule has 5 unspecified atom stereocenters. The molecular weight excluding hydrogens is 240 g/mol. The maximum Gasteiger partial charge on any atom is 0.330 e. The molecule has 2 bridgehead atoms. The van der Waals surface area contributed by atoms with Crippen molar-refractivity contribution < 1.29 is 14.3 Å². The standard InChI is InChI=1S/C16H22O3/c1-4-12(17)18-8-9-19-15-13-10-6-5-7-11(10)14(15)16(13,2)3/h4-6,10-11,13-15H,1,7-9H2,2-3H3. The number of allylic oxidation sites excluding steroid dienone is 2. The van der Waals surface area contributed by atoms with Crippen LogP contribution in [-0.4, -0.2) is 25.3 Å². The Hall–Kier alpha value is -1.09. The van der Waals surface area contributed by atoms with Crippen LogP contribution in [0, 0.1) is 29.1 Å². The normalized spacial score (nSPS) is 40.6. The molecule has 4 rings (SSSR count).